The molecule has 3 heterocycles. The maximum absolute atomic E-state index is 5.98. The largest absolute Gasteiger partial charge is 0.373 e. The van der Waals surface area contributed by atoms with Gasteiger partial charge < -0.3 is 15.4 Å². The fourth-order valence-electron chi connectivity index (χ4n) is 4.67. The van der Waals surface area contributed by atoms with Gasteiger partial charge in [-0.25, -0.2) is 4.99 Å². The number of piperidine rings is 1. The summed E-state index contributed by atoms with van der Waals surface area (Å²) in [4.78, 5) is 7.49. The molecule has 3 atom stereocenters. The average molecular weight is 371 g/mol. The molecule has 3 aliphatic heterocycles. The van der Waals surface area contributed by atoms with E-state index < -0.39 is 0 Å². The molecule has 2 bridgehead atoms. The van der Waals surface area contributed by atoms with Gasteiger partial charge in [-0.15, -0.1) is 0 Å². The smallest absolute Gasteiger partial charge is 0.191 e. The number of nitrogens with zero attached hydrogens (tertiary/aromatic N) is 2. The molecular formula is C22H34N4O. The van der Waals surface area contributed by atoms with Crippen molar-refractivity contribution in [2.45, 2.75) is 76.8 Å². The van der Waals surface area contributed by atoms with Crippen molar-refractivity contribution in [3.05, 3.63) is 35.4 Å². The van der Waals surface area contributed by atoms with Crippen LogP contribution in [0, 0.1) is 0 Å². The van der Waals surface area contributed by atoms with E-state index in [0.717, 1.165) is 32.0 Å². The highest BCUT2D eigenvalue weighted by atomic mass is 16.5. The molecule has 3 aliphatic rings. The number of hydrogen-bond donors (Lipinski definition) is 2. The molecule has 5 nitrogen and oxygen atoms in total. The van der Waals surface area contributed by atoms with Gasteiger partial charge in [-0.05, 0) is 63.2 Å². The van der Waals surface area contributed by atoms with E-state index >= 15 is 0 Å². The highest BCUT2D eigenvalue weighted by Gasteiger charge is 2.41. The van der Waals surface area contributed by atoms with Gasteiger partial charge in [0.05, 0.1) is 24.8 Å². The summed E-state index contributed by atoms with van der Waals surface area (Å²) in [5.74, 6) is 0.923. The van der Waals surface area contributed by atoms with Crippen LogP contribution in [0.15, 0.2) is 29.3 Å². The van der Waals surface area contributed by atoms with E-state index in [-0.39, 0.29) is 0 Å². The Kier molecular flexibility index (Phi) is 6.30. The van der Waals surface area contributed by atoms with E-state index in [1.165, 1.54) is 56.3 Å². The second-order valence-electron chi connectivity index (χ2n) is 8.16. The van der Waals surface area contributed by atoms with Gasteiger partial charge in [0.1, 0.15) is 0 Å². The van der Waals surface area contributed by atoms with Crippen LogP contribution in [0.2, 0.25) is 0 Å². The van der Waals surface area contributed by atoms with Crippen molar-refractivity contribution < 1.29 is 4.74 Å². The fourth-order valence-corrected chi connectivity index (χ4v) is 4.67. The molecular weight excluding hydrogens is 336 g/mol. The van der Waals surface area contributed by atoms with Gasteiger partial charge >= 0.3 is 0 Å². The van der Waals surface area contributed by atoms with Gasteiger partial charge in [-0.2, -0.15) is 0 Å². The molecule has 4 rings (SSSR count). The van der Waals surface area contributed by atoms with Gasteiger partial charge in [0, 0.05) is 13.1 Å². The van der Waals surface area contributed by atoms with Crippen LogP contribution in [0.1, 0.15) is 56.6 Å². The zero-order valence-corrected chi connectivity index (χ0v) is 16.6. The van der Waals surface area contributed by atoms with Crippen LogP contribution in [0.4, 0.5) is 0 Å². The van der Waals surface area contributed by atoms with E-state index in [2.05, 4.69) is 46.7 Å². The highest BCUT2D eigenvalue weighted by Crippen LogP contribution is 2.34. The van der Waals surface area contributed by atoms with Crippen LogP contribution in [0.5, 0.6) is 0 Å². The van der Waals surface area contributed by atoms with Crippen molar-refractivity contribution in [3.8, 4) is 0 Å². The first-order valence-electron chi connectivity index (χ1n) is 10.8. The van der Waals surface area contributed by atoms with E-state index in [1.807, 2.05) is 0 Å². The number of nitrogens with one attached hydrogen (secondary N) is 2. The van der Waals surface area contributed by atoms with E-state index in [1.54, 1.807) is 0 Å². The minimum atomic E-state index is 0.366. The molecule has 3 unspecified atom stereocenters. The molecule has 1 aromatic rings. The molecule has 5 heteroatoms. The fraction of sp³-hybridized carbons (Fsp3) is 0.682. The lowest BCUT2D eigenvalue weighted by Crippen LogP contribution is -2.47. The number of benzene rings is 1. The minimum absolute atomic E-state index is 0.366. The number of rotatable bonds is 6. The molecule has 0 radical (unpaired) electrons. The number of hydrogen-bond acceptors (Lipinski definition) is 3. The lowest BCUT2D eigenvalue weighted by atomic mass is 9.96. The molecule has 3 fully saturated rings. The molecule has 0 amide bonds. The summed E-state index contributed by atoms with van der Waals surface area (Å²) in [5.41, 5.74) is 2.76. The third-order valence-corrected chi connectivity index (χ3v) is 6.14. The van der Waals surface area contributed by atoms with Crippen molar-refractivity contribution in [1.29, 1.82) is 0 Å². The zero-order valence-electron chi connectivity index (χ0n) is 16.6. The second-order valence-corrected chi connectivity index (χ2v) is 8.16. The number of aliphatic imine (C=N–C) groups is 1. The van der Waals surface area contributed by atoms with E-state index in [0.29, 0.717) is 18.2 Å². The van der Waals surface area contributed by atoms with Gasteiger partial charge in [0.2, 0.25) is 0 Å². The minimum Gasteiger partial charge on any atom is -0.373 e. The summed E-state index contributed by atoms with van der Waals surface area (Å²) in [5, 5.41) is 7.04. The quantitative estimate of drug-likeness (QED) is 0.597. The Bertz CT molecular complexity index is 641. The van der Waals surface area contributed by atoms with Gasteiger partial charge in [-0.1, -0.05) is 30.7 Å². The monoisotopic (exact) mass is 370 g/mol. The topological polar surface area (TPSA) is 48.9 Å². The normalized spacial score (nSPS) is 28.5. The van der Waals surface area contributed by atoms with Crippen molar-refractivity contribution >= 4 is 5.96 Å². The number of likely N-dealkylation sites (tertiary alicyclic amines) is 1. The standard InChI is InChI=1S/C22H34N4O/c1-2-23-22(25-20-14-19-10-11-21(20)27-19)24-15-17-8-4-5-9-18(17)16-26-12-6-3-7-13-26/h4-5,8-9,19-21H,2-3,6-7,10-16H2,1H3,(H2,23,24,25). The molecule has 148 valence electrons. The molecule has 0 aromatic heterocycles. The summed E-state index contributed by atoms with van der Waals surface area (Å²) in [6.07, 6.45) is 8.39. The lowest BCUT2D eigenvalue weighted by Gasteiger charge is -2.27. The molecule has 2 N–H and O–H groups in total. The van der Waals surface area contributed by atoms with Crippen molar-refractivity contribution in [1.82, 2.24) is 15.5 Å². The van der Waals surface area contributed by atoms with Crippen molar-refractivity contribution in [2.75, 3.05) is 19.6 Å². The van der Waals surface area contributed by atoms with Crippen molar-refractivity contribution in [2.24, 2.45) is 4.99 Å². The first kappa shape index (κ1) is 18.8. The third kappa shape index (κ3) is 4.82. The second kappa shape index (κ2) is 9.07. The van der Waals surface area contributed by atoms with Gasteiger partial charge in [0.15, 0.2) is 5.96 Å². The van der Waals surface area contributed by atoms with E-state index in [4.69, 9.17) is 9.73 Å². The summed E-state index contributed by atoms with van der Waals surface area (Å²) >= 11 is 0. The summed E-state index contributed by atoms with van der Waals surface area (Å²) in [7, 11) is 0. The van der Waals surface area contributed by atoms with Crippen molar-refractivity contribution in [3.63, 3.8) is 0 Å². The number of fused-ring (bicyclic) bond motifs is 2. The predicted molar refractivity (Wildman–Crippen MR) is 110 cm³/mol. The third-order valence-electron chi connectivity index (χ3n) is 6.14. The Balaban J connectivity index is 1.40. The first-order valence-corrected chi connectivity index (χ1v) is 10.8. The van der Waals surface area contributed by atoms with E-state index in [9.17, 15) is 0 Å². The van der Waals surface area contributed by atoms with Crippen LogP contribution < -0.4 is 10.6 Å². The Hall–Kier alpha value is -1.59. The van der Waals surface area contributed by atoms with Crippen LogP contribution in [-0.4, -0.2) is 48.7 Å². The molecule has 0 aliphatic carbocycles. The Morgan fingerprint density at radius 1 is 1.15 bits per heavy atom. The molecule has 0 saturated carbocycles. The Labute approximate surface area is 163 Å². The molecule has 1 aromatic carbocycles. The Morgan fingerprint density at radius 3 is 2.67 bits per heavy atom. The lowest BCUT2D eigenvalue weighted by molar-refractivity contribution is 0.0992. The van der Waals surface area contributed by atoms with Crippen LogP contribution in [-0.2, 0) is 17.8 Å². The number of ether oxygens (including phenoxy) is 1. The summed E-state index contributed by atoms with van der Waals surface area (Å²) in [6.45, 7) is 7.23. The van der Waals surface area contributed by atoms with Crippen LogP contribution in [0.3, 0.4) is 0 Å². The first-order chi connectivity index (χ1) is 13.3. The van der Waals surface area contributed by atoms with Crippen LogP contribution in [0.25, 0.3) is 0 Å². The summed E-state index contributed by atoms with van der Waals surface area (Å²) < 4.78 is 5.98. The average Bonchev–Trinajstić information content (AvgIpc) is 3.31. The maximum atomic E-state index is 5.98. The highest BCUT2D eigenvalue weighted by molar-refractivity contribution is 5.80. The predicted octanol–water partition coefficient (Wildman–Crippen LogP) is 3.05. The number of guanidine groups is 1. The summed E-state index contributed by atoms with van der Waals surface area (Å²) in [6, 6.07) is 9.19. The molecule has 27 heavy (non-hydrogen) atoms. The zero-order chi connectivity index (χ0) is 18.5. The van der Waals surface area contributed by atoms with Gasteiger partial charge in [-0.3, -0.25) is 4.90 Å². The Morgan fingerprint density at radius 2 is 1.96 bits per heavy atom. The SMILES string of the molecule is CCNC(=NCc1ccccc1CN1CCCCC1)NC1CC2CCC1O2. The molecule has 3 saturated heterocycles. The molecule has 0 spiro atoms. The maximum Gasteiger partial charge on any atom is 0.191 e. The van der Waals surface area contributed by atoms with Gasteiger partial charge in [0.25, 0.3) is 0 Å². The van der Waals surface area contributed by atoms with Crippen LogP contribution >= 0.6 is 0 Å².